The Morgan fingerprint density at radius 1 is 1.15 bits per heavy atom. The SMILES string of the molecule is CCC1CCN1C1CC2CCC1C2. The first-order chi connectivity index (χ1) is 6.38. The Kier molecular flexibility index (Phi) is 1.90. The average Bonchev–Trinajstić information content (AvgIpc) is 2.63. The van der Waals surface area contributed by atoms with E-state index in [0.717, 1.165) is 23.9 Å². The normalized spacial score (nSPS) is 49.6. The van der Waals surface area contributed by atoms with E-state index < -0.39 is 0 Å². The quantitative estimate of drug-likeness (QED) is 0.630. The lowest BCUT2D eigenvalue weighted by Crippen LogP contribution is -2.54. The molecule has 1 heterocycles. The minimum absolute atomic E-state index is 0.962. The Morgan fingerprint density at radius 2 is 2.08 bits per heavy atom. The van der Waals surface area contributed by atoms with Crippen LogP contribution in [0.5, 0.6) is 0 Å². The van der Waals surface area contributed by atoms with Crippen LogP contribution in [-0.2, 0) is 0 Å². The Bertz CT molecular complexity index is 199. The number of nitrogens with zero attached hydrogens (tertiary/aromatic N) is 1. The molecule has 2 bridgehead atoms. The minimum Gasteiger partial charge on any atom is -0.297 e. The molecule has 4 unspecified atom stereocenters. The predicted molar refractivity (Wildman–Crippen MR) is 54.6 cm³/mol. The van der Waals surface area contributed by atoms with Crippen LogP contribution in [0, 0.1) is 11.8 Å². The van der Waals surface area contributed by atoms with Crippen LogP contribution in [-0.4, -0.2) is 23.5 Å². The van der Waals surface area contributed by atoms with E-state index in [1.165, 1.54) is 19.4 Å². The van der Waals surface area contributed by atoms with Crippen molar-refractivity contribution >= 4 is 0 Å². The first-order valence-electron chi connectivity index (χ1n) is 6.14. The van der Waals surface area contributed by atoms with Gasteiger partial charge in [0.15, 0.2) is 0 Å². The molecule has 74 valence electrons. The summed E-state index contributed by atoms with van der Waals surface area (Å²) >= 11 is 0. The van der Waals surface area contributed by atoms with E-state index in [2.05, 4.69) is 11.8 Å². The van der Waals surface area contributed by atoms with E-state index in [-0.39, 0.29) is 0 Å². The highest BCUT2D eigenvalue weighted by atomic mass is 15.2. The van der Waals surface area contributed by atoms with Crippen molar-refractivity contribution in [1.82, 2.24) is 4.90 Å². The average molecular weight is 179 g/mol. The molecule has 3 rings (SSSR count). The maximum absolute atomic E-state index is 2.82. The molecule has 1 nitrogen and oxygen atoms in total. The van der Waals surface area contributed by atoms with Gasteiger partial charge >= 0.3 is 0 Å². The van der Waals surface area contributed by atoms with Gasteiger partial charge in [0, 0.05) is 18.6 Å². The summed E-state index contributed by atoms with van der Waals surface area (Å²) < 4.78 is 0. The van der Waals surface area contributed by atoms with Gasteiger partial charge in [-0.25, -0.2) is 0 Å². The molecular weight excluding hydrogens is 158 g/mol. The minimum atomic E-state index is 0.962. The summed E-state index contributed by atoms with van der Waals surface area (Å²) in [5.74, 6) is 2.22. The third-order valence-electron chi connectivity index (χ3n) is 4.79. The predicted octanol–water partition coefficient (Wildman–Crippen LogP) is 2.66. The summed E-state index contributed by atoms with van der Waals surface area (Å²) in [6.45, 7) is 3.76. The lowest BCUT2D eigenvalue weighted by Gasteiger charge is -2.47. The van der Waals surface area contributed by atoms with Gasteiger partial charge in [0.2, 0.25) is 0 Å². The van der Waals surface area contributed by atoms with Gasteiger partial charge in [0.25, 0.3) is 0 Å². The standard InChI is InChI=1S/C12H21N/c1-2-11-5-6-13(11)12-8-9-3-4-10(12)7-9/h9-12H,2-8H2,1H3. The van der Waals surface area contributed by atoms with Crippen molar-refractivity contribution in [2.45, 2.75) is 57.5 Å². The molecular formula is C12H21N. The van der Waals surface area contributed by atoms with Crippen molar-refractivity contribution in [1.29, 1.82) is 0 Å². The van der Waals surface area contributed by atoms with Gasteiger partial charge in [-0.05, 0) is 43.9 Å². The maximum Gasteiger partial charge on any atom is 0.0129 e. The van der Waals surface area contributed by atoms with E-state index in [9.17, 15) is 0 Å². The summed E-state index contributed by atoms with van der Waals surface area (Å²) in [5, 5.41) is 0. The van der Waals surface area contributed by atoms with Crippen molar-refractivity contribution in [2.75, 3.05) is 6.54 Å². The van der Waals surface area contributed by atoms with E-state index in [0.29, 0.717) is 0 Å². The molecule has 0 N–H and O–H groups in total. The second-order valence-corrected chi connectivity index (χ2v) is 5.33. The molecule has 13 heavy (non-hydrogen) atoms. The molecule has 3 aliphatic rings. The zero-order chi connectivity index (χ0) is 8.84. The number of hydrogen-bond donors (Lipinski definition) is 0. The summed E-state index contributed by atoms with van der Waals surface area (Å²) in [6, 6.07) is 1.97. The molecule has 1 saturated heterocycles. The second-order valence-electron chi connectivity index (χ2n) is 5.33. The molecule has 3 fully saturated rings. The molecule has 0 aromatic heterocycles. The van der Waals surface area contributed by atoms with Gasteiger partial charge in [0.1, 0.15) is 0 Å². The van der Waals surface area contributed by atoms with Crippen LogP contribution in [0.25, 0.3) is 0 Å². The lowest BCUT2D eigenvalue weighted by molar-refractivity contribution is 0.0138. The van der Waals surface area contributed by atoms with Gasteiger partial charge in [0.05, 0.1) is 0 Å². The molecule has 2 aliphatic carbocycles. The monoisotopic (exact) mass is 179 g/mol. The fourth-order valence-corrected chi connectivity index (χ4v) is 3.95. The zero-order valence-electron chi connectivity index (χ0n) is 8.71. The van der Waals surface area contributed by atoms with Crippen LogP contribution < -0.4 is 0 Å². The van der Waals surface area contributed by atoms with E-state index in [1.54, 1.807) is 25.7 Å². The summed E-state index contributed by atoms with van der Waals surface area (Å²) in [6.07, 6.45) is 9.06. The Labute approximate surface area is 81.5 Å². The van der Waals surface area contributed by atoms with E-state index in [4.69, 9.17) is 0 Å². The Balaban J connectivity index is 1.66. The Morgan fingerprint density at radius 3 is 2.54 bits per heavy atom. The molecule has 4 atom stereocenters. The van der Waals surface area contributed by atoms with Crippen LogP contribution in [0.15, 0.2) is 0 Å². The molecule has 1 heteroatoms. The van der Waals surface area contributed by atoms with Gasteiger partial charge in [-0.2, -0.15) is 0 Å². The van der Waals surface area contributed by atoms with Crippen LogP contribution in [0.1, 0.15) is 45.4 Å². The van der Waals surface area contributed by atoms with Crippen LogP contribution in [0.4, 0.5) is 0 Å². The first kappa shape index (κ1) is 8.28. The molecule has 0 aromatic carbocycles. The maximum atomic E-state index is 2.82. The highest BCUT2D eigenvalue weighted by Gasteiger charge is 2.45. The van der Waals surface area contributed by atoms with Gasteiger partial charge < -0.3 is 0 Å². The van der Waals surface area contributed by atoms with Crippen molar-refractivity contribution in [3.8, 4) is 0 Å². The van der Waals surface area contributed by atoms with Crippen molar-refractivity contribution in [3.05, 3.63) is 0 Å². The largest absolute Gasteiger partial charge is 0.297 e. The number of rotatable bonds is 2. The molecule has 0 amide bonds. The highest BCUT2D eigenvalue weighted by Crippen LogP contribution is 2.48. The van der Waals surface area contributed by atoms with Crippen LogP contribution in [0.2, 0.25) is 0 Å². The number of hydrogen-bond acceptors (Lipinski definition) is 1. The fraction of sp³-hybridized carbons (Fsp3) is 1.00. The third kappa shape index (κ3) is 1.16. The molecule has 0 spiro atoms. The molecule has 1 aliphatic heterocycles. The molecule has 0 aromatic rings. The topological polar surface area (TPSA) is 3.24 Å². The van der Waals surface area contributed by atoms with Crippen molar-refractivity contribution in [2.24, 2.45) is 11.8 Å². The lowest BCUT2D eigenvalue weighted by atomic mass is 9.88. The summed E-state index contributed by atoms with van der Waals surface area (Å²) in [5.41, 5.74) is 0. The second kappa shape index (κ2) is 2.98. The van der Waals surface area contributed by atoms with E-state index in [1.807, 2.05) is 0 Å². The van der Waals surface area contributed by atoms with Crippen molar-refractivity contribution < 1.29 is 0 Å². The van der Waals surface area contributed by atoms with Crippen LogP contribution >= 0.6 is 0 Å². The van der Waals surface area contributed by atoms with E-state index >= 15 is 0 Å². The van der Waals surface area contributed by atoms with Crippen molar-refractivity contribution in [3.63, 3.8) is 0 Å². The number of fused-ring (bicyclic) bond motifs is 2. The fourth-order valence-electron chi connectivity index (χ4n) is 3.95. The van der Waals surface area contributed by atoms with Crippen LogP contribution in [0.3, 0.4) is 0 Å². The van der Waals surface area contributed by atoms with Gasteiger partial charge in [-0.3, -0.25) is 4.90 Å². The smallest absolute Gasteiger partial charge is 0.0129 e. The Hall–Kier alpha value is -0.0400. The highest BCUT2D eigenvalue weighted by molar-refractivity contribution is 4.99. The summed E-state index contributed by atoms with van der Waals surface area (Å²) in [4.78, 5) is 2.82. The molecule has 2 saturated carbocycles. The van der Waals surface area contributed by atoms with Gasteiger partial charge in [-0.1, -0.05) is 13.3 Å². The zero-order valence-corrected chi connectivity index (χ0v) is 8.71. The number of likely N-dealkylation sites (tertiary alicyclic amines) is 1. The summed E-state index contributed by atoms with van der Waals surface area (Å²) in [7, 11) is 0. The van der Waals surface area contributed by atoms with Gasteiger partial charge in [-0.15, -0.1) is 0 Å². The third-order valence-corrected chi connectivity index (χ3v) is 4.79. The molecule has 0 radical (unpaired) electrons. The first-order valence-corrected chi connectivity index (χ1v) is 6.14.